The van der Waals surface area contributed by atoms with Gasteiger partial charge < -0.3 is 18.9 Å². The van der Waals surface area contributed by atoms with Gasteiger partial charge >= 0.3 is 6.09 Å². The Morgan fingerprint density at radius 3 is 2.56 bits per heavy atom. The van der Waals surface area contributed by atoms with Crippen LogP contribution in [0, 0.1) is 0 Å². The highest BCUT2D eigenvalue weighted by Crippen LogP contribution is 2.25. The molecule has 1 aliphatic rings. The molecule has 0 saturated carbocycles. The fraction of sp³-hybridized carbons (Fsp3) is 0.500. The number of amides is 1. The second kappa shape index (κ2) is 9.49. The maximum Gasteiger partial charge on any atom is 0.410 e. The normalized spacial score (nSPS) is 14.5. The Balaban J connectivity index is 0.00000126. The van der Waals surface area contributed by atoms with Gasteiger partial charge in [0.25, 0.3) is 0 Å². The zero-order valence-corrected chi connectivity index (χ0v) is 17.2. The fourth-order valence-electron chi connectivity index (χ4n) is 2.97. The third kappa shape index (κ3) is 5.78. The van der Waals surface area contributed by atoms with Crippen molar-refractivity contribution in [3.05, 3.63) is 48.3 Å². The molecule has 1 aliphatic heterocycles. The number of hydrogen-bond acceptors (Lipinski definition) is 3. The van der Waals surface area contributed by atoms with Gasteiger partial charge in [-0.05, 0) is 57.9 Å². The van der Waals surface area contributed by atoms with E-state index in [0.717, 1.165) is 24.3 Å². The molecular weight excluding hydrogens is 340 g/mol. The van der Waals surface area contributed by atoms with Gasteiger partial charge in [-0.3, -0.25) is 0 Å². The van der Waals surface area contributed by atoms with E-state index in [2.05, 4.69) is 22.9 Å². The summed E-state index contributed by atoms with van der Waals surface area (Å²) in [5, 5.41) is 0. The lowest BCUT2D eigenvalue weighted by molar-refractivity contribution is 0.0225. The van der Waals surface area contributed by atoms with E-state index in [1.54, 1.807) is 4.90 Å². The minimum absolute atomic E-state index is 0.279. The van der Waals surface area contributed by atoms with Crippen molar-refractivity contribution in [3.8, 4) is 11.4 Å². The van der Waals surface area contributed by atoms with Crippen LogP contribution in [0.5, 0.6) is 5.75 Å². The Morgan fingerprint density at radius 1 is 1.07 bits per heavy atom. The number of nitrogens with zero attached hydrogens (tertiary/aromatic N) is 2. The van der Waals surface area contributed by atoms with Crippen molar-refractivity contribution in [2.45, 2.75) is 53.1 Å². The maximum absolute atomic E-state index is 12.4. The van der Waals surface area contributed by atoms with Gasteiger partial charge in [-0.25, -0.2) is 4.79 Å². The molecule has 3 rings (SSSR count). The molecule has 5 heteroatoms. The highest BCUT2D eigenvalue weighted by molar-refractivity contribution is 5.68. The van der Waals surface area contributed by atoms with Gasteiger partial charge in [0.05, 0.1) is 12.2 Å². The fourth-order valence-corrected chi connectivity index (χ4v) is 2.97. The molecule has 0 atom stereocenters. The van der Waals surface area contributed by atoms with Gasteiger partial charge in [0.2, 0.25) is 0 Å². The summed E-state index contributed by atoms with van der Waals surface area (Å²) in [5.74, 6) is 0.825. The van der Waals surface area contributed by atoms with Crippen molar-refractivity contribution in [2.24, 2.45) is 0 Å². The minimum Gasteiger partial charge on any atom is -0.490 e. The largest absolute Gasteiger partial charge is 0.490 e. The molecule has 2 aromatic rings. The average Bonchev–Trinajstić information content (AvgIpc) is 3.08. The zero-order valence-electron chi connectivity index (χ0n) is 17.2. The molecule has 148 valence electrons. The number of aromatic nitrogens is 1. The van der Waals surface area contributed by atoms with Gasteiger partial charge in [-0.2, -0.15) is 0 Å². The first-order chi connectivity index (χ1) is 12.9. The van der Waals surface area contributed by atoms with Crippen LogP contribution in [0.15, 0.2) is 42.6 Å². The Labute approximate surface area is 162 Å². The summed E-state index contributed by atoms with van der Waals surface area (Å²) in [4.78, 5) is 14.2. The first-order valence-electron chi connectivity index (χ1n) is 9.80. The van der Waals surface area contributed by atoms with E-state index in [1.807, 2.05) is 58.9 Å². The molecule has 0 fully saturated rings. The Kier molecular flexibility index (Phi) is 7.34. The maximum atomic E-state index is 12.4. The number of carbonyl (C=O) groups excluding carboxylic acids is 1. The number of aryl methyl sites for hydroxylation is 1. The number of carbonyl (C=O) groups is 1. The molecule has 0 saturated heterocycles. The standard InChI is InChI=1S/C20H26N2O3.C2H6/c1-20(2,3)25-19(23)21-12-6-8-16-9-7-13-22(16)17-10-4-5-11-18(17)24-15-14-21;1-2/h4-5,7,9-11,13H,6,8,12,14-15H2,1-3H3;1-2H3. The molecule has 1 aromatic heterocycles. The van der Waals surface area contributed by atoms with Crippen molar-refractivity contribution < 1.29 is 14.3 Å². The smallest absolute Gasteiger partial charge is 0.410 e. The average molecular weight is 373 g/mol. The predicted octanol–water partition coefficient (Wildman–Crippen LogP) is 5.07. The molecule has 5 nitrogen and oxygen atoms in total. The third-order valence-corrected chi connectivity index (χ3v) is 4.09. The van der Waals surface area contributed by atoms with Crippen molar-refractivity contribution >= 4 is 6.09 Å². The highest BCUT2D eigenvalue weighted by atomic mass is 16.6. The van der Waals surface area contributed by atoms with Crippen LogP contribution >= 0.6 is 0 Å². The summed E-state index contributed by atoms with van der Waals surface area (Å²) in [6.07, 6.45) is 3.55. The predicted molar refractivity (Wildman–Crippen MR) is 109 cm³/mol. The van der Waals surface area contributed by atoms with Gasteiger partial charge in [0, 0.05) is 18.4 Å². The quantitative estimate of drug-likeness (QED) is 0.649. The Bertz CT molecular complexity index is 731. The van der Waals surface area contributed by atoms with E-state index in [4.69, 9.17) is 9.47 Å². The highest BCUT2D eigenvalue weighted by Gasteiger charge is 2.22. The molecule has 0 bridgehead atoms. The van der Waals surface area contributed by atoms with Gasteiger partial charge in [0.1, 0.15) is 18.0 Å². The van der Waals surface area contributed by atoms with E-state index >= 15 is 0 Å². The van der Waals surface area contributed by atoms with Crippen molar-refractivity contribution in [3.63, 3.8) is 0 Å². The lowest BCUT2D eigenvalue weighted by Gasteiger charge is -2.27. The molecule has 0 unspecified atom stereocenters. The van der Waals surface area contributed by atoms with E-state index in [9.17, 15) is 4.79 Å². The van der Waals surface area contributed by atoms with Crippen LogP contribution in [0.2, 0.25) is 0 Å². The number of benzene rings is 1. The van der Waals surface area contributed by atoms with Crippen LogP contribution in [-0.2, 0) is 11.2 Å². The summed E-state index contributed by atoms with van der Waals surface area (Å²) >= 11 is 0. The topological polar surface area (TPSA) is 43.7 Å². The second-order valence-electron chi connectivity index (χ2n) is 7.26. The van der Waals surface area contributed by atoms with Gasteiger partial charge in [-0.15, -0.1) is 0 Å². The minimum atomic E-state index is -0.495. The monoisotopic (exact) mass is 372 g/mol. The number of fused-ring (bicyclic) bond motifs is 3. The van der Waals surface area contributed by atoms with E-state index in [0.29, 0.717) is 19.7 Å². The van der Waals surface area contributed by atoms with E-state index in [1.165, 1.54) is 5.69 Å². The summed E-state index contributed by atoms with van der Waals surface area (Å²) in [7, 11) is 0. The number of hydrogen-bond donors (Lipinski definition) is 0. The molecule has 0 radical (unpaired) electrons. The molecular formula is C22H32N2O3. The van der Waals surface area contributed by atoms with E-state index < -0.39 is 5.60 Å². The summed E-state index contributed by atoms with van der Waals surface area (Å²) < 4.78 is 13.7. The third-order valence-electron chi connectivity index (χ3n) is 4.09. The van der Waals surface area contributed by atoms with Crippen molar-refractivity contribution in [1.29, 1.82) is 0 Å². The molecule has 2 heterocycles. The van der Waals surface area contributed by atoms with Crippen molar-refractivity contribution in [2.75, 3.05) is 19.7 Å². The van der Waals surface area contributed by atoms with Crippen LogP contribution in [0.3, 0.4) is 0 Å². The summed E-state index contributed by atoms with van der Waals surface area (Å²) in [6.45, 7) is 11.3. The van der Waals surface area contributed by atoms with Crippen LogP contribution < -0.4 is 4.74 Å². The Hall–Kier alpha value is -2.43. The molecule has 1 amide bonds. The summed E-state index contributed by atoms with van der Waals surface area (Å²) in [6, 6.07) is 12.2. The molecule has 27 heavy (non-hydrogen) atoms. The SMILES string of the molecule is CC.CC(C)(C)OC(=O)N1CCCc2cccn2-c2ccccc2OCC1. The van der Waals surface area contributed by atoms with E-state index in [-0.39, 0.29) is 6.09 Å². The first kappa shape index (κ1) is 20.9. The number of ether oxygens (including phenoxy) is 2. The van der Waals surface area contributed by atoms with Crippen LogP contribution in [0.1, 0.15) is 46.7 Å². The number of para-hydroxylation sites is 2. The molecule has 0 aliphatic carbocycles. The number of rotatable bonds is 0. The van der Waals surface area contributed by atoms with Gasteiger partial charge in [-0.1, -0.05) is 26.0 Å². The molecule has 1 aromatic carbocycles. The molecule has 0 N–H and O–H groups in total. The molecule has 0 spiro atoms. The lowest BCUT2D eigenvalue weighted by atomic mass is 10.2. The Morgan fingerprint density at radius 2 is 1.81 bits per heavy atom. The van der Waals surface area contributed by atoms with Crippen LogP contribution in [0.25, 0.3) is 5.69 Å². The lowest BCUT2D eigenvalue weighted by Crippen LogP contribution is -2.39. The first-order valence-corrected chi connectivity index (χ1v) is 9.80. The van der Waals surface area contributed by atoms with Gasteiger partial charge in [0.15, 0.2) is 0 Å². The zero-order chi connectivity index (χ0) is 19.9. The van der Waals surface area contributed by atoms with Crippen molar-refractivity contribution in [1.82, 2.24) is 9.47 Å². The second-order valence-corrected chi connectivity index (χ2v) is 7.26. The van der Waals surface area contributed by atoms with Crippen LogP contribution in [-0.4, -0.2) is 40.9 Å². The summed E-state index contributed by atoms with van der Waals surface area (Å²) in [5.41, 5.74) is 1.75. The van der Waals surface area contributed by atoms with Crippen LogP contribution in [0.4, 0.5) is 4.79 Å².